The van der Waals surface area contributed by atoms with Crippen LogP contribution in [0.3, 0.4) is 0 Å². The van der Waals surface area contributed by atoms with Gasteiger partial charge in [-0.3, -0.25) is 4.18 Å². The molecule has 0 amide bonds. The van der Waals surface area contributed by atoms with Crippen molar-refractivity contribution < 1.29 is 36.3 Å². The van der Waals surface area contributed by atoms with Crippen LogP contribution in [0, 0.1) is 18.3 Å². The second kappa shape index (κ2) is 14.1. The summed E-state index contributed by atoms with van der Waals surface area (Å²) in [5.41, 5.74) is 1.54. The highest BCUT2D eigenvalue weighted by atomic mass is 32.2. The summed E-state index contributed by atoms with van der Waals surface area (Å²) >= 11 is 0. The van der Waals surface area contributed by atoms with E-state index in [9.17, 15) is 13.2 Å². The maximum atomic E-state index is 12.0. The minimum absolute atomic E-state index is 0.0833. The Balaban J connectivity index is 1.56. The number of carbonyl (C=O) groups is 1. The fourth-order valence-corrected chi connectivity index (χ4v) is 3.48. The monoisotopic (exact) mass is 489 g/mol. The van der Waals surface area contributed by atoms with E-state index >= 15 is 0 Å². The Labute approximate surface area is 199 Å². The van der Waals surface area contributed by atoms with Crippen molar-refractivity contribution in [1.29, 1.82) is 5.26 Å². The van der Waals surface area contributed by atoms with E-state index in [1.165, 1.54) is 25.3 Å². The zero-order valence-electron chi connectivity index (χ0n) is 19.1. The molecule has 0 N–H and O–H groups in total. The third kappa shape index (κ3) is 9.33. The van der Waals surface area contributed by atoms with Gasteiger partial charge in [-0.15, -0.1) is 0 Å². The van der Waals surface area contributed by atoms with E-state index in [-0.39, 0.29) is 30.3 Å². The second-order valence-corrected chi connectivity index (χ2v) is 8.51. The number of carbonyl (C=O) groups excluding carboxylic acids is 1. The molecule has 34 heavy (non-hydrogen) atoms. The normalized spacial score (nSPS) is 11.6. The van der Waals surface area contributed by atoms with Gasteiger partial charge in [0.15, 0.2) is 0 Å². The van der Waals surface area contributed by atoms with Crippen molar-refractivity contribution in [3.8, 4) is 11.8 Å². The fourth-order valence-electron chi connectivity index (χ4n) is 2.59. The Morgan fingerprint density at radius 1 is 0.912 bits per heavy atom. The van der Waals surface area contributed by atoms with Crippen molar-refractivity contribution in [2.24, 2.45) is 0 Å². The SMILES string of the molecule is COC(=O)C(C#N)=Cc1ccc(OCCOCCOCCOS(=O)(=O)c2ccc(C)cc2)cc1. The van der Waals surface area contributed by atoms with Crippen LogP contribution in [0.15, 0.2) is 59.0 Å². The molecule has 2 aromatic carbocycles. The molecule has 9 nitrogen and oxygen atoms in total. The third-order valence-corrected chi connectivity index (χ3v) is 5.69. The average Bonchev–Trinajstić information content (AvgIpc) is 2.84. The number of esters is 1. The number of rotatable bonds is 14. The molecular weight excluding hydrogens is 462 g/mol. The van der Waals surface area contributed by atoms with Crippen LogP contribution < -0.4 is 4.74 Å². The number of ether oxygens (including phenoxy) is 4. The van der Waals surface area contributed by atoms with Crippen LogP contribution in [-0.4, -0.2) is 61.1 Å². The molecule has 0 fully saturated rings. The number of methoxy groups -OCH3 is 1. The quantitative estimate of drug-likeness (QED) is 0.130. The molecular formula is C24H27NO8S. The number of hydrogen-bond acceptors (Lipinski definition) is 9. The van der Waals surface area contributed by atoms with Gasteiger partial charge in [-0.05, 0) is 42.8 Å². The van der Waals surface area contributed by atoms with Crippen LogP contribution in [0.4, 0.5) is 0 Å². The van der Waals surface area contributed by atoms with Crippen molar-refractivity contribution in [1.82, 2.24) is 0 Å². The van der Waals surface area contributed by atoms with Crippen LogP contribution in [-0.2, 0) is 33.3 Å². The van der Waals surface area contributed by atoms with E-state index in [0.29, 0.717) is 31.1 Å². The molecule has 0 atom stereocenters. The molecule has 0 heterocycles. The summed E-state index contributed by atoms with van der Waals surface area (Å²) in [5, 5.41) is 8.98. The minimum Gasteiger partial charge on any atom is -0.491 e. The molecule has 0 unspecified atom stereocenters. The topological polar surface area (TPSA) is 121 Å². The lowest BCUT2D eigenvalue weighted by Gasteiger charge is -2.09. The van der Waals surface area contributed by atoms with Crippen LogP contribution in [0.5, 0.6) is 5.75 Å². The van der Waals surface area contributed by atoms with E-state index in [0.717, 1.165) is 5.56 Å². The zero-order valence-corrected chi connectivity index (χ0v) is 19.9. The van der Waals surface area contributed by atoms with Gasteiger partial charge in [0.25, 0.3) is 10.1 Å². The van der Waals surface area contributed by atoms with Crippen molar-refractivity contribution >= 4 is 22.2 Å². The van der Waals surface area contributed by atoms with Gasteiger partial charge < -0.3 is 18.9 Å². The fraction of sp³-hybridized carbons (Fsp3) is 0.333. The summed E-state index contributed by atoms with van der Waals surface area (Å²) in [7, 11) is -2.57. The van der Waals surface area contributed by atoms with Gasteiger partial charge in [0.1, 0.15) is 24.0 Å². The smallest absolute Gasteiger partial charge is 0.348 e. The summed E-state index contributed by atoms with van der Waals surface area (Å²) < 4.78 is 49.8. The third-order valence-electron chi connectivity index (χ3n) is 4.36. The summed E-state index contributed by atoms with van der Waals surface area (Å²) in [6.07, 6.45) is 1.43. The van der Waals surface area contributed by atoms with Gasteiger partial charge in [0.05, 0.1) is 45.0 Å². The van der Waals surface area contributed by atoms with Crippen molar-refractivity contribution in [2.75, 3.05) is 46.8 Å². The van der Waals surface area contributed by atoms with Crippen molar-refractivity contribution in [3.05, 3.63) is 65.2 Å². The summed E-state index contributed by atoms with van der Waals surface area (Å²) in [5.74, 6) is -0.0794. The van der Waals surface area contributed by atoms with Gasteiger partial charge >= 0.3 is 5.97 Å². The first kappa shape index (κ1) is 27.0. The van der Waals surface area contributed by atoms with Gasteiger partial charge in [-0.25, -0.2) is 4.79 Å². The summed E-state index contributed by atoms with van der Waals surface area (Å²) in [6.45, 7) is 3.18. The Hall–Kier alpha value is -3.23. The molecule has 182 valence electrons. The highest BCUT2D eigenvalue weighted by molar-refractivity contribution is 7.86. The molecule has 0 saturated heterocycles. The first-order chi connectivity index (χ1) is 16.4. The van der Waals surface area contributed by atoms with Gasteiger partial charge in [-0.2, -0.15) is 13.7 Å². The lowest BCUT2D eigenvalue weighted by Crippen LogP contribution is -2.14. The van der Waals surface area contributed by atoms with E-state index in [2.05, 4.69) is 4.74 Å². The molecule has 0 bridgehead atoms. The maximum absolute atomic E-state index is 12.0. The van der Waals surface area contributed by atoms with Gasteiger partial charge in [0, 0.05) is 0 Å². The first-order valence-corrected chi connectivity index (χ1v) is 11.8. The Bertz CT molecular complexity index is 1090. The largest absolute Gasteiger partial charge is 0.491 e. The van der Waals surface area contributed by atoms with Gasteiger partial charge in [0.2, 0.25) is 0 Å². The van der Waals surface area contributed by atoms with E-state index < -0.39 is 16.1 Å². The Morgan fingerprint density at radius 3 is 2.09 bits per heavy atom. The molecule has 0 saturated carbocycles. The molecule has 2 aromatic rings. The van der Waals surface area contributed by atoms with Crippen LogP contribution >= 0.6 is 0 Å². The van der Waals surface area contributed by atoms with E-state index in [1.807, 2.05) is 6.92 Å². The number of nitriles is 1. The number of nitrogens with zero attached hydrogens (tertiary/aromatic N) is 1. The Kier molecular flexibility index (Phi) is 11.2. The lowest BCUT2D eigenvalue weighted by molar-refractivity contribution is -0.135. The average molecular weight is 490 g/mol. The van der Waals surface area contributed by atoms with Crippen molar-refractivity contribution in [2.45, 2.75) is 11.8 Å². The zero-order chi connectivity index (χ0) is 24.8. The Morgan fingerprint density at radius 2 is 1.50 bits per heavy atom. The molecule has 0 spiro atoms. The second-order valence-electron chi connectivity index (χ2n) is 6.89. The maximum Gasteiger partial charge on any atom is 0.348 e. The molecule has 0 aromatic heterocycles. The van der Waals surface area contributed by atoms with E-state index in [4.69, 9.17) is 23.7 Å². The summed E-state index contributed by atoms with van der Waals surface area (Å²) in [4.78, 5) is 11.5. The summed E-state index contributed by atoms with van der Waals surface area (Å²) in [6, 6.07) is 15.1. The van der Waals surface area contributed by atoms with Crippen molar-refractivity contribution in [3.63, 3.8) is 0 Å². The first-order valence-electron chi connectivity index (χ1n) is 10.4. The predicted octanol–water partition coefficient (Wildman–Crippen LogP) is 2.89. The standard InChI is InChI=1S/C24H27NO8S/c1-19-3-9-23(10-4-19)34(27,28)33-16-14-31-12-11-30-13-15-32-22-7-5-20(6-8-22)17-21(18-25)24(26)29-2/h3-10,17H,11-16H2,1-2H3. The lowest BCUT2D eigenvalue weighted by atomic mass is 10.1. The van der Waals surface area contributed by atoms with Crippen LogP contribution in [0.2, 0.25) is 0 Å². The molecule has 10 heteroatoms. The molecule has 0 aliphatic rings. The number of aryl methyl sites for hydroxylation is 1. The van der Waals surface area contributed by atoms with Gasteiger partial charge in [-0.1, -0.05) is 29.8 Å². The number of hydrogen-bond donors (Lipinski definition) is 0. The van der Waals surface area contributed by atoms with Crippen LogP contribution in [0.25, 0.3) is 6.08 Å². The minimum atomic E-state index is -3.79. The predicted molar refractivity (Wildman–Crippen MR) is 123 cm³/mol. The number of benzene rings is 2. The molecule has 2 rings (SSSR count). The van der Waals surface area contributed by atoms with Crippen LogP contribution in [0.1, 0.15) is 11.1 Å². The highest BCUT2D eigenvalue weighted by Crippen LogP contribution is 2.15. The molecule has 0 aliphatic carbocycles. The highest BCUT2D eigenvalue weighted by Gasteiger charge is 2.14. The molecule has 0 radical (unpaired) electrons. The molecule has 0 aliphatic heterocycles. The van der Waals surface area contributed by atoms with E-state index in [1.54, 1.807) is 42.5 Å².